The number of carbonyl (C=O) groups excluding carboxylic acids is 1. The van der Waals surface area contributed by atoms with Crippen LogP contribution in [0, 0.1) is 5.92 Å². The predicted octanol–water partition coefficient (Wildman–Crippen LogP) is 0.979. The Morgan fingerprint density at radius 2 is 2.00 bits per heavy atom. The SMILES string of the molecule is O=C(c1c[nH]ccc1=O)N(CC1CCNCC1)C1CC1. The Morgan fingerprint density at radius 3 is 2.65 bits per heavy atom. The van der Waals surface area contributed by atoms with E-state index >= 15 is 0 Å². The molecule has 1 saturated carbocycles. The number of aromatic nitrogens is 1. The Balaban J connectivity index is 1.75. The number of amides is 1. The van der Waals surface area contributed by atoms with Gasteiger partial charge in [-0.25, -0.2) is 0 Å². The van der Waals surface area contributed by atoms with Crippen molar-refractivity contribution in [2.75, 3.05) is 19.6 Å². The van der Waals surface area contributed by atoms with Crippen molar-refractivity contribution in [3.05, 3.63) is 34.2 Å². The summed E-state index contributed by atoms with van der Waals surface area (Å²) in [7, 11) is 0. The molecule has 1 aromatic rings. The van der Waals surface area contributed by atoms with Crippen LogP contribution in [0.1, 0.15) is 36.0 Å². The minimum Gasteiger partial charge on any atom is -0.367 e. The third kappa shape index (κ3) is 2.93. The van der Waals surface area contributed by atoms with Gasteiger partial charge in [-0.1, -0.05) is 0 Å². The van der Waals surface area contributed by atoms with E-state index in [2.05, 4.69) is 10.3 Å². The van der Waals surface area contributed by atoms with Gasteiger partial charge in [-0.05, 0) is 44.7 Å². The maximum Gasteiger partial charge on any atom is 0.259 e. The Morgan fingerprint density at radius 1 is 1.25 bits per heavy atom. The van der Waals surface area contributed by atoms with Gasteiger partial charge in [0.1, 0.15) is 5.56 Å². The van der Waals surface area contributed by atoms with Gasteiger partial charge in [-0.15, -0.1) is 0 Å². The lowest BCUT2D eigenvalue weighted by Crippen LogP contribution is -2.42. The first-order chi connectivity index (χ1) is 9.75. The van der Waals surface area contributed by atoms with Gasteiger partial charge in [-0.3, -0.25) is 9.59 Å². The lowest BCUT2D eigenvalue weighted by Gasteiger charge is -2.30. The molecule has 1 amide bonds. The molecule has 20 heavy (non-hydrogen) atoms. The fourth-order valence-electron chi connectivity index (χ4n) is 2.86. The van der Waals surface area contributed by atoms with E-state index in [1.807, 2.05) is 4.90 Å². The Kier molecular flexibility index (Phi) is 3.87. The number of hydrogen-bond donors (Lipinski definition) is 2. The lowest BCUT2D eigenvalue weighted by atomic mass is 9.97. The topological polar surface area (TPSA) is 65.2 Å². The molecular weight excluding hydrogens is 254 g/mol. The summed E-state index contributed by atoms with van der Waals surface area (Å²) in [4.78, 5) is 29.2. The van der Waals surface area contributed by atoms with Crippen LogP contribution in [0.25, 0.3) is 0 Å². The zero-order valence-corrected chi connectivity index (χ0v) is 11.6. The number of pyridine rings is 1. The van der Waals surface area contributed by atoms with Crippen LogP contribution in [0.4, 0.5) is 0 Å². The van der Waals surface area contributed by atoms with Crippen LogP contribution in [0.2, 0.25) is 0 Å². The number of carbonyl (C=O) groups is 1. The molecule has 1 aliphatic carbocycles. The molecule has 5 nitrogen and oxygen atoms in total. The van der Waals surface area contributed by atoms with Gasteiger partial charge >= 0.3 is 0 Å². The van der Waals surface area contributed by atoms with Crippen molar-refractivity contribution in [1.82, 2.24) is 15.2 Å². The number of nitrogens with one attached hydrogen (secondary N) is 2. The molecule has 0 bridgehead atoms. The molecule has 108 valence electrons. The number of H-pyrrole nitrogens is 1. The Labute approximate surface area is 118 Å². The van der Waals surface area contributed by atoms with E-state index in [1.54, 1.807) is 6.20 Å². The molecule has 0 unspecified atom stereocenters. The zero-order chi connectivity index (χ0) is 13.9. The predicted molar refractivity (Wildman–Crippen MR) is 76.7 cm³/mol. The van der Waals surface area contributed by atoms with E-state index < -0.39 is 0 Å². The molecule has 5 heteroatoms. The molecule has 2 aliphatic rings. The molecule has 0 aromatic carbocycles. The molecule has 0 radical (unpaired) electrons. The van der Waals surface area contributed by atoms with Gasteiger partial charge in [-0.2, -0.15) is 0 Å². The van der Waals surface area contributed by atoms with Crippen molar-refractivity contribution < 1.29 is 4.79 Å². The van der Waals surface area contributed by atoms with E-state index in [4.69, 9.17) is 0 Å². The van der Waals surface area contributed by atoms with E-state index in [-0.39, 0.29) is 16.9 Å². The molecule has 2 heterocycles. The first kappa shape index (κ1) is 13.4. The van der Waals surface area contributed by atoms with Gasteiger partial charge in [0.05, 0.1) is 0 Å². The molecule has 0 spiro atoms. The van der Waals surface area contributed by atoms with E-state index in [9.17, 15) is 9.59 Å². The standard InChI is InChI=1S/C15H21N3O2/c19-14-5-8-17-9-13(14)15(20)18(12-1-2-12)10-11-3-6-16-7-4-11/h5,8-9,11-12,16H,1-4,6-7,10H2,(H,17,19). The average Bonchev–Trinajstić information content (AvgIpc) is 3.30. The third-order valence-electron chi connectivity index (χ3n) is 4.22. The first-order valence-corrected chi connectivity index (χ1v) is 7.44. The largest absolute Gasteiger partial charge is 0.367 e. The molecule has 2 fully saturated rings. The minimum absolute atomic E-state index is 0.104. The van der Waals surface area contributed by atoms with E-state index in [0.717, 1.165) is 45.3 Å². The van der Waals surface area contributed by atoms with Crippen molar-refractivity contribution in [1.29, 1.82) is 0 Å². The summed E-state index contributed by atoms with van der Waals surface area (Å²) in [5, 5.41) is 3.34. The highest BCUT2D eigenvalue weighted by atomic mass is 16.2. The van der Waals surface area contributed by atoms with Gasteiger partial charge in [0, 0.05) is 31.0 Å². The van der Waals surface area contributed by atoms with Crippen LogP contribution in [-0.4, -0.2) is 41.5 Å². The number of aromatic amines is 1. The summed E-state index contributed by atoms with van der Waals surface area (Å²) in [6.45, 7) is 2.85. The van der Waals surface area contributed by atoms with Crippen molar-refractivity contribution >= 4 is 5.91 Å². The molecule has 1 saturated heterocycles. The van der Waals surface area contributed by atoms with Crippen LogP contribution in [0.15, 0.2) is 23.3 Å². The lowest BCUT2D eigenvalue weighted by molar-refractivity contribution is 0.0700. The summed E-state index contributed by atoms with van der Waals surface area (Å²) >= 11 is 0. The summed E-state index contributed by atoms with van der Waals surface area (Å²) < 4.78 is 0. The van der Waals surface area contributed by atoms with E-state index in [0.29, 0.717) is 12.0 Å². The fourth-order valence-corrected chi connectivity index (χ4v) is 2.86. The first-order valence-electron chi connectivity index (χ1n) is 7.44. The van der Waals surface area contributed by atoms with Crippen LogP contribution in [-0.2, 0) is 0 Å². The minimum atomic E-state index is -0.190. The van der Waals surface area contributed by atoms with Crippen molar-refractivity contribution in [2.24, 2.45) is 5.92 Å². The maximum atomic E-state index is 12.6. The van der Waals surface area contributed by atoms with Crippen LogP contribution < -0.4 is 10.7 Å². The second kappa shape index (κ2) is 5.79. The number of rotatable bonds is 4. The second-order valence-corrected chi connectivity index (χ2v) is 5.80. The monoisotopic (exact) mass is 275 g/mol. The maximum absolute atomic E-state index is 12.6. The van der Waals surface area contributed by atoms with Gasteiger partial charge in [0.2, 0.25) is 0 Å². The summed E-state index contributed by atoms with van der Waals surface area (Å²) in [5.74, 6) is 0.455. The molecule has 1 aromatic heterocycles. The summed E-state index contributed by atoms with van der Waals surface area (Å²) in [6, 6.07) is 1.76. The average molecular weight is 275 g/mol. The highest BCUT2D eigenvalue weighted by Crippen LogP contribution is 2.29. The van der Waals surface area contributed by atoms with Crippen LogP contribution >= 0.6 is 0 Å². The van der Waals surface area contributed by atoms with Crippen molar-refractivity contribution in [3.8, 4) is 0 Å². The van der Waals surface area contributed by atoms with E-state index in [1.165, 1.54) is 12.3 Å². The smallest absolute Gasteiger partial charge is 0.259 e. The van der Waals surface area contributed by atoms with Gasteiger partial charge in [0.15, 0.2) is 5.43 Å². The van der Waals surface area contributed by atoms with Gasteiger partial charge in [0.25, 0.3) is 5.91 Å². The molecule has 0 atom stereocenters. The molecular formula is C15H21N3O2. The number of nitrogens with zero attached hydrogens (tertiary/aromatic N) is 1. The molecule has 3 rings (SSSR count). The Bertz CT molecular complexity index is 530. The highest BCUT2D eigenvalue weighted by molar-refractivity contribution is 5.94. The second-order valence-electron chi connectivity index (χ2n) is 5.80. The number of piperidine rings is 1. The quantitative estimate of drug-likeness (QED) is 0.861. The van der Waals surface area contributed by atoms with Crippen LogP contribution in [0.5, 0.6) is 0 Å². The number of hydrogen-bond acceptors (Lipinski definition) is 3. The van der Waals surface area contributed by atoms with Crippen LogP contribution in [0.3, 0.4) is 0 Å². The fraction of sp³-hybridized carbons (Fsp3) is 0.600. The van der Waals surface area contributed by atoms with Gasteiger partial charge < -0.3 is 15.2 Å². The highest BCUT2D eigenvalue weighted by Gasteiger charge is 2.35. The Hall–Kier alpha value is -1.62. The normalized spacial score (nSPS) is 19.8. The summed E-state index contributed by atoms with van der Waals surface area (Å²) in [6.07, 6.45) is 7.46. The molecule has 2 N–H and O–H groups in total. The summed E-state index contributed by atoms with van der Waals surface area (Å²) in [5.41, 5.74) is 0.0815. The zero-order valence-electron chi connectivity index (χ0n) is 11.6. The van der Waals surface area contributed by atoms with Crippen molar-refractivity contribution in [2.45, 2.75) is 31.7 Å². The third-order valence-corrected chi connectivity index (χ3v) is 4.22. The molecule has 1 aliphatic heterocycles. The van der Waals surface area contributed by atoms with Crippen molar-refractivity contribution in [3.63, 3.8) is 0 Å².